The number of fused-ring (bicyclic) bond motifs is 1. The quantitative estimate of drug-likeness (QED) is 0.521. The van der Waals surface area contributed by atoms with Gasteiger partial charge in [-0.15, -0.1) is 22.9 Å². The Bertz CT molecular complexity index is 731. The fourth-order valence-electron chi connectivity index (χ4n) is 3.06. The molecule has 20 heavy (non-hydrogen) atoms. The van der Waals surface area contributed by atoms with E-state index in [0.29, 0.717) is 11.8 Å². The van der Waals surface area contributed by atoms with Crippen LogP contribution in [0.1, 0.15) is 28.8 Å². The van der Waals surface area contributed by atoms with Gasteiger partial charge in [-0.2, -0.15) is 0 Å². The second kappa shape index (κ2) is 4.91. The Hall–Kier alpha value is -1.31. The Morgan fingerprint density at radius 1 is 1.00 bits per heavy atom. The first-order chi connectivity index (χ1) is 9.84. The van der Waals surface area contributed by atoms with Gasteiger partial charge in [0, 0.05) is 4.70 Å². The minimum absolute atomic E-state index is 0.136. The topological polar surface area (TPSA) is 0 Å². The zero-order valence-corrected chi connectivity index (χ0v) is 12.6. The number of benzene rings is 2. The van der Waals surface area contributed by atoms with Gasteiger partial charge in [-0.25, -0.2) is 0 Å². The van der Waals surface area contributed by atoms with Gasteiger partial charge in [-0.1, -0.05) is 48.5 Å². The van der Waals surface area contributed by atoms with Gasteiger partial charge in [-0.05, 0) is 46.2 Å². The van der Waals surface area contributed by atoms with Crippen molar-refractivity contribution in [3.8, 4) is 0 Å². The molecule has 0 radical (unpaired) electrons. The van der Waals surface area contributed by atoms with Crippen LogP contribution in [0.25, 0.3) is 10.1 Å². The molecule has 2 heteroatoms. The molecule has 3 unspecified atom stereocenters. The van der Waals surface area contributed by atoms with Gasteiger partial charge in [0.2, 0.25) is 0 Å². The molecule has 4 rings (SSSR count). The molecular weight excluding hydrogens is 284 g/mol. The average molecular weight is 299 g/mol. The Balaban J connectivity index is 1.61. The monoisotopic (exact) mass is 298 g/mol. The predicted octanol–water partition coefficient (Wildman–Crippen LogP) is 5.98. The molecule has 0 nitrogen and oxygen atoms in total. The summed E-state index contributed by atoms with van der Waals surface area (Å²) in [5.74, 6) is 1.22. The highest BCUT2D eigenvalue weighted by Crippen LogP contribution is 2.57. The number of halogens is 1. The van der Waals surface area contributed by atoms with E-state index >= 15 is 0 Å². The average Bonchev–Trinajstić information content (AvgIpc) is 3.20. The van der Waals surface area contributed by atoms with E-state index in [4.69, 9.17) is 11.6 Å². The molecule has 2 aromatic carbocycles. The minimum Gasteiger partial charge on any atom is -0.143 e. The summed E-state index contributed by atoms with van der Waals surface area (Å²) in [5, 5.41) is 3.70. The minimum atomic E-state index is 0.136. The Kier molecular flexibility index (Phi) is 3.05. The summed E-state index contributed by atoms with van der Waals surface area (Å²) in [6, 6.07) is 19.3. The molecule has 1 aliphatic carbocycles. The van der Waals surface area contributed by atoms with Gasteiger partial charge in [0.1, 0.15) is 0 Å². The van der Waals surface area contributed by atoms with Crippen LogP contribution in [0.2, 0.25) is 0 Å². The number of hydrogen-bond donors (Lipinski definition) is 0. The number of alkyl halides is 1. The zero-order valence-electron chi connectivity index (χ0n) is 11.0. The van der Waals surface area contributed by atoms with E-state index in [1.807, 2.05) is 0 Å². The van der Waals surface area contributed by atoms with Crippen LogP contribution in [-0.4, -0.2) is 0 Å². The van der Waals surface area contributed by atoms with Crippen LogP contribution in [0.4, 0.5) is 0 Å². The molecule has 0 bridgehead atoms. The normalized spacial score (nSPS) is 22.9. The van der Waals surface area contributed by atoms with Crippen molar-refractivity contribution in [2.24, 2.45) is 5.92 Å². The molecule has 0 amide bonds. The van der Waals surface area contributed by atoms with Gasteiger partial charge in [0.05, 0.1) is 5.38 Å². The second-order valence-corrected chi connectivity index (χ2v) is 6.89. The molecule has 1 heterocycles. The third-order valence-corrected chi connectivity index (χ3v) is 5.79. The summed E-state index contributed by atoms with van der Waals surface area (Å²) in [6.45, 7) is 0. The lowest BCUT2D eigenvalue weighted by molar-refractivity contribution is 0.771. The molecular formula is C18H15ClS. The molecule has 0 saturated heterocycles. The Labute approximate surface area is 128 Å². The van der Waals surface area contributed by atoms with Crippen molar-refractivity contribution in [3.05, 3.63) is 71.1 Å². The van der Waals surface area contributed by atoms with Crippen LogP contribution in [0.3, 0.4) is 0 Å². The van der Waals surface area contributed by atoms with Gasteiger partial charge in [-0.3, -0.25) is 0 Å². The molecule has 0 aliphatic heterocycles. The largest absolute Gasteiger partial charge is 0.143 e. The van der Waals surface area contributed by atoms with Gasteiger partial charge >= 0.3 is 0 Å². The van der Waals surface area contributed by atoms with Crippen molar-refractivity contribution in [2.45, 2.75) is 17.7 Å². The summed E-state index contributed by atoms with van der Waals surface area (Å²) in [4.78, 5) is 0. The smallest absolute Gasteiger partial charge is 0.0633 e. The van der Waals surface area contributed by atoms with E-state index in [-0.39, 0.29) is 5.38 Å². The zero-order chi connectivity index (χ0) is 13.5. The Morgan fingerprint density at radius 2 is 1.75 bits per heavy atom. The standard InChI is InChI=1S/C18H15ClS/c19-18(15-10-14(15)12-6-2-1-3-7-12)16-11-20-17-9-5-4-8-13(16)17/h1-9,11,14-15,18H,10H2. The predicted molar refractivity (Wildman–Crippen MR) is 87.7 cm³/mol. The second-order valence-electron chi connectivity index (χ2n) is 5.51. The highest BCUT2D eigenvalue weighted by atomic mass is 35.5. The third kappa shape index (κ3) is 2.06. The fraction of sp³-hybridized carbons (Fsp3) is 0.222. The number of thiophene rings is 1. The number of hydrogen-bond acceptors (Lipinski definition) is 1. The molecule has 1 fully saturated rings. The first-order valence-electron chi connectivity index (χ1n) is 7.00. The molecule has 0 N–H and O–H groups in total. The molecule has 1 saturated carbocycles. The van der Waals surface area contributed by atoms with Crippen LogP contribution in [-0.2, 0) is 0 Å². The lowest BCUT2D eigenvalue weighted by Gasteiger charge is -2.08. The molecule has 0 spiro atoms. The highest BCUT2D eigenvalue weighted by molar-refractivity contribution is 7.17. The SMILES string of the molecule is ClC(c1csc2ccccc12)C1CC1c1ccccc1. The van der Waals surface area contributed by atoms with Crippen molar-refractivity contribution < 1.29 is 0 Å². The van der Waals surface area contributed by atoms with E-state index in [9.17, 15) is 0 Å². The van der Waals surface area contributed by atoms with Crippen LogP contribution in [0.15, 0.2) is 60.0 Å². The lowest BCUT2D eigenvalue weighted by Crippen LogP contribution is -1.94. The molecule has 3 atom stereocenters. The van der Waals surface area contributed by atoms with E-state index in [1.54, 1.807) is 11.3 Å². The van der Waals surface area contributed by atoms with Crippen LogP contribution in [0.5, 0.6) is 0 Å². The van der Waals surface area contributed by atoms with E-state index in [2.05, 4.69) is 60.0 Å². The number of rotatable bonds is 3. The lowest BCUT2D eigenvalue weighted by atomic mass is 10.0. The molecule has 3 aromatic rings. The summed E-state index contributed by atoms with van der Waals surface area (Å²) in [5.41, 5.74) is 2.75. The van der Waals surface area contributed by atoms with E-state index in [0.717, 1.165) is 0 Å². The first kappa shape index (κ1) is 12.4. The fourth-order valence-corrected chi connectivity index (χ4v) is 4.60. The van der Waals surface area contributed by atoms with Gasteiger partial charge < -0.3 is 0 Å². The third-order valence-electron chi connectivity index (χ3n) is 4.25. The van der Waals surface area contributed by atoms with E-state index < -0.39 is 0 Å². The maximum Gasteiger partial charge on any atom is 0.0633 e. The maximum atomic E-state index is 6.78. The summed E-state index contributed by atoms with van der Waals surface area (Å²) < 4.78 is 1.34. The summed E-state index contributed by atoms with van der Waals surface area (Å²) in [6.07, 6.45) is 1.21. The van der Waals surface area contributed by atoms with Gasteiger partial charge in [0.25, 0.3) is 0 Å². The van der Waals surface area contributed by atoms with Crippen LogP contribution >= 0.6 is 22.9 Å². The van der Waals surface area contributed by atoms with E-state index in [1.165, 1.54) is 27.6 Å². The van der Waals surface area contributed by atoms with Crippen molar-refractivity contribution >= 4 is 33.0 Å². The van der Waals surface area contributed by atoms with Crippen LogP contribution < -0.4 is 0 Å². The van der Waals surface area contributed by atoms with Crippen LogP contribution in [0, 0.1) is 5.92 Å². The van der Waals surface area contributed by atoms with Crippen molar-refractivity contribution in [2.75, 3.05) is 0 Å². The summed E-state index contributed by atoms with van der Waals surface area (Å²) >= 11 is 8.58. The molecule has 1 aromatic heterocycles. The van der Waals surface area contributed by atoms with Crippen molar-refractivity contribution in [1.29, 1.82) is 0 Å². The maximum absolute atomic E-state index is 6.78. The first-order valence-corrected chi connectivity index (χ1v) is 8.31. The highest BCUT2D eigenvalue weighted by Gasteiger charge is 2.44. The summed E-state index contributed by atoms with van der Waals surface area (Å²) in [7, 11) is 0. The van der Waals surface area contributed by atoms with Crippen molar-refractivity contribution in [1.82, 2.24) is 0 Å². The van der Waals surface area contributed by atoms with Gasteiger partial charge in [0.15, 0.2) is 0 Å². The van der Waals surface area contributed by atoms with Crippen molar-refractivity contribution in [3.63, 3.8) is 0 Å². The molecule has 1 aliphatic rings. The Morgan fingerprint density at radius 3 is 2.60 bits per heavy atom. The molecule has 100 valence electrons.